The van der Waals surface area contributed by atoms with Gasteiger partial charge < -0.3 is 14.5 Å². The van der Waals surface area contributed by atoms with Crippen molar-refractivity contribution in [1.82, 2.24) is 14.9 Å². The average molecular weight is 464 g/mol. The van der Waals surface area contributed by atoms with E-state index in [0.717, 1.165) is 41.8 Å². The predicted molar refractivity (Wildman–Crippen MR) is 130 cm³/mol. The van der Waals surface area contributed by atoms with E-state index in [1.165, 1.54) is 17.7 Å². The molecule has 2 atom stereocenters. The Morgan fingerprint density at radius 1 is 1.21 bits per heavy atom. The average Bonchev–Trinajstić information content (AvgIpc) is 3.44. The van der Waals surface area contributed by atoms with Gasteiger partial charge in [-0.15, -0.1) is 0 Å². The third kappa shape index (κ3) is 4.44. The molecule has 0 spiro atoms. The van der Waals surface area contributed by atoms with Crippen molar-refractivity contribution in [2.45, 2.75) is 32.8 Å². The van der Waals surface area contributed by atoms with Gasteiger partial charge in [-0.1, -0.05) is 6.08 Å². The molecule has 2 aromatic heterocycles. The maximum atomic E-state index is 14.0. The third-order valence-electron chi connectivity index (χ3n) is 6.57. The van der Waals surface area contributed by atoms with Gasteiger partial charge in [0.05, 0.1) is 13.7 Å². The van der Waals surface area contributed by atoms with Crippen LogP contribution < -0.4 is 4.74 Å². The molecule has 2 aliphatic rings. The van der Waals surface area contributed by atoms with Crippen molar-refractivity contribution >= 4 is 22.6 Å². The number of allylic oxidation sites excluding steroid dienone is 1. The molecule has 7 heteroatoms. The number of hydrogen-bond acceptors (Lipinski definition) is 5. The third-order valence-corrected chi connectivity index (χ3v) is 6.57. The summed E-state index contributed by atoms with van der Waals surface area (Å²) in [5, 5.41) is 0.936. The molecule has 1 fully saturated rings. The van der Waals surface area contributed by atoms with Crippen LogP contribution in [0, 0.1) is 17.7 Å². The van der Waals surface area contributed by atoms with Gasteiger partial charge in [0.2, 0.25) is 0 Å². The molecule has 3 heterocycles. The number of nitrogens with one attached hydrogen (secondary N) is 1. The molecule has 5 rings (SSSR count). The highest BCUT2D eigenvalue weighted by atomic mass is 19.1. The fourth-order valence-corrected chi connectivity index (χ4v) is 5.21. The minimum atomic E-state index is -0.461. The molecule has 0 bridgehead atoms. The first-order valence-corrected chi connectivity index (χ1v) is 11.7. The molecular formula is C27H30FN3O3. The number of carbonyl (C=O) groups excluding carboxylic acids is 1. The Kier molecular flexibility index (Phi) is 5.68. The highest BCUT2D eigenvalue weighted by Gasteiger charge is 2.38. The number of benzene rings is 1. The fraction of sp³-hybridized carbons (Fsp3) is 0.407. The highest BCUT2D eigenvalue weighted by Crippen LogP contribution is 2.42. The summed E-state index contributed by atoms with van der Waals surface area (Å²) < 4.78 is 25.0. The monoisotopic (exact) mass is 463 g/mol. The lowest BCUT2D eigenvalue weighted by atomic mass is 9.99. The normalized spacial score (nSPS) is 20.4. The second-order valence-corrected chi connectivity index (χ2v) is 10.2. The van der Waals surface area contributed by atoms with Gasteiger partial charge in [-0.25, -0.2) is 9.37 Å². The lowest BCUT2D eigenvalue weighted by molar-refractivity contribution is -0.155. The number of esters is 1. The van der Waals surface area contributed by atoms with Crippen LogP contribution in [0.4, 0.5) is 4.39 Å². The molecule has 0 saturated carbocycles. The minimum absolute atomic E-state index is 0.168. The molecule has 178 valence electrons. The number of methoxy groups -OCH3 is 1. The standard InChI is InChI=1S/C27H30FN3O3/c1-27(2,3)34-25(32)15-31-13-17-9-16(10-18(17)14-31)23-12-22-20(7-8-29-26(22)30-23)21-11-19(28)5-6-24(21)33-4/h5-9,11-12,17-18H,10,13-15H2,1-4H3,(H,29,30). The lowest BCUT2D eigenvalue weighted by Crippen LogP contribution is -2.34. The summed E-state index contributed by atoms with van der Waals surface area (Å²) in [5.41, 5.74) is 4.20. The number of likely N-dealkylation sites (tertiary alicyclic amines) is 1. The van der Waals surface area contributed by atoms with E-state index >= 15 is 0 Å². The first kappa shape index (κ1) is 22.6. The van der Waals surface area contributed by atoms with Gasteiger partial charge in [-0.05, 0) is 80.5 Å². The smallest absolute Gasteiger partial charge is 0.320 e. The van der Waals surface area contributed by atoms with Crippen molar-refractivity contribution in [1.29, 1.82) is 0 Å². The summed E-state index contributed by atoms with van der Waals surface area (Å²) in [6, 6.07) is 8.54. The molecular weight excluding hydrogens is 433 g/mol. The summed E-state index contributed by atoms with van der Waals surface area (Å²) in [6.07, 6.45) is 5.00. The van der Waals surface area contributed by atoms with E-state index in [1.54, 1.807) is 19.4 Å². The summed E-state index contributed by atoms with van der Waals surface area (Å²) in [5.74, 6) is 1.05. The van der Waals surface area contributed by atoms with Crippen molar-refractivity contribution in [3.05, 3.63) is 54.1 Å². The molecule has 6 nitrogen and oxygen atoms in total. The summed E-state index contributed by atoms with van der Waals surface area (Å²) in [7, 11) is 1.59. The number of pyridine rings is 1. The van der Waals surface area contributed by atoms with E-state index in [9.17, 15) is 9.18 Å². The van der Waals surface area contributed by atoms with Crippen LogP contribution in [-0.2, 0) is 9.53 Å². The molecule has 3 aromatic rings. The van der Waals surface area contributed by atoms with Crippen LogP contribution in [0.3, 0.4) is 0 Å². The van der Waals surface area contributed by atoms with Gasteiger partial charge in [0.25, 0.3) is 0 Å². The number of H-pyrrole nitrogens is 1. The van der Waals surface area contributed by atoms with E-state index in [0.29, 0.717) is 29.7 Å². The topological polar surface area (TPSA) is 67.5 Å². The second-order valence-electron chi connectivity index (χ2n) is 10.2. The minimum Gasteiger partial charge on any atom is -0.496 e. The van der Waals surface area contributed by atoms with Crippen LogP contribution in [0.15, 0.2) is 42.6 Å². The number of ether oxygens (including phenoxy) is 2. The number of halogens is 1. The van der Waals surface area contributed by atoms with Crippen molar-refractivity contribution in [3.63, 3.8) is 0 Å². The van der Waals surface area contributed by atoms with Crippen LogP contribution in [0.5, 0.6) is 5.75 Å². The number of nitrogens with zero attached hydrogens (tertiary/aromatic N) is 2. The summed E-state index contributed by atoms with van der Waals surface area (Å²) in [4.78, 5) is 22.4. The molecule has 1 N–H and O–H groups in total. The first-order valence-electron chi connectivity index (χ1n) is 11.7. The van der Waals surface area contributed by atoms with E-state index in [-0.39, 0.29) is 11.8 Å². The largest absolute Gasteiger partial charge is 0.496 e. The molecule has 1 saturated heterocycles. The Bertz CT molecular complexity index is 1270. The molecule has 34 heavy (non-hydrogen) atoms. The quantitative estimate of drug-likeness (QED) is 0.536. The molecule has 1 aliphatic heterocycles. The fourth-order valence-electron chi connectivity index (χ4n) is 5.21. The molecule has 0 amide bonds. The van der Waals surface area contributed by atoms with Crippen LogP contribution >= 0.6 is 0 Å². The van der Waals surface area contributed by atoms with Gasteiger partial charge in [0.15, 0.2) is 0 Å². The molecule has 0 radical (unpaired) electrons. The molecule has 1 aromatic carbocycles. The van der Waals surface area contributed by atoms with Gasteiger partial charge in [0.1, 0.15) is 22.8 Å². The van der Waals surface area contributed by atoms with E-state index in [1.807, 2.05) is 26.8 Å². The van der Waals surface area contributed by atoms with Gasteiger partial charge in [-0.2, -0.15) is 0 Å². The van der Waals surface area contributed by atoms with Crippen LogP contribution in [-0.4, -0.2) is 53.2 Å². The number of aromatic nitrogens is 2. The lowest BCUT2D eigenvalue weighted by Gasteiger charge is -2.22. The van der Waals surface area contributed by atoms with Crippen LogP contribution in [0.25, 0.3) is 27.7 Å². The van der Waals surface area contributed by atoms with Crippen LogP contribution in [0.1, 0.15) is 32.9 Å². The number of fused-ring (bicyclic) bond motifs is 2. The number of carbonyl (C=O) groups is 1. The zero-order valence-corrected chi connectivity index (χ0v) is 20.0. The zero-order chi connectivity index (χ0) is 24.0. The Balaban J connectivity index is 1.37. The number of hydrogen-bond donors (Lipinski definition) is 1. The van der Waals surface area contributed by atoms with Crippen molar-refractivity contribution in [3.8, 4) is 16.9 Å². The Labute approximate surface area is 198 Å². The summed E-state index contributed by atoms with van der Waals surface area (Å²) >= 11 is 0. The molecule has 2 unspecified atom stereocenters. The van der Waals surface area contributed by atoms with Gasteiger partial charge >= 0.3 is 5.97 Å². The maximum absolute atomic E-state index is 14.0. The Morgan fingerprint density at radius 2 is 2.03 bits per heavy atom. The van der Waals surface area contributed by atoms with Gasteiger partial charge in [-0.3, -0.25) is 9.69 Å². The van der Waals surface area contributed by atoms with E-state index in [4.69, 9.17) is 9.47 Å². The molecule has 1 aliphatic carbocycles. The highest BCUT2D eigenvalue weighted by molar-refractivity contribution is 5.96. The Hall–Kier alpha value is -3.19. The zero-order valence-electron chi connectivity index (χ0n) is 20.0. The van der Waals surface area contributed by atoms with Crippen molar-refractivity contribution in [2.24, 2.45) is 11.8 Å². The Morgan fingerprint density at radius 3 is 2.76 bits per heavy atom. The predicted octanol–water partition coefficient (Wildman–Crippen LogP) is 5.05. The SMILES string of the molecule is COc1ccc(F)cc1-c1ccnc2[nH]c(C3=CC4CN(CC(=O)OC(C)(C)C)CC4C3)cc12. The van der Waals surface area contributed by atoms with E-state index < -0.39 is 5.60 Å². The second kappa shape index (κ2) is 8.55. The van der Waals surface area contributed by atoms with Gasteiger partial charge in [0, 0.05) is 35.9 Å². The number of aromatic amines is 1. The van der Waals surface area contributed by atoms with Crippen molar-refractivity contribution in [2.75, 3.05) is 26.7 Å². The maximum Gasteiger partial charge on any atom is 0.320 e. The summed E-state index contributed by atoms with van der Waals surface area (Å²) in [6.45, 7) is 7.76. The van der Waals surface area contributed by atoms with E-state index in [2.05, 4.69) is 27.0 Å². The van der Waals surface area contributed by atoms with Crippen LogP contribution in [0.2, 0.25) is 0 Å². The number of rotatable bonds is 5. The first-order chi connectivity index (χ1) is 16.2. The van der Waals surface area contributed by atoms with Crippen molar-refractivity contribution < 1.29 is 18.7 Å².